The highest BCUT2D eigenvalue weighted by molar-refractivity contribution is 4.66. The molecule has 0 bridgehead atoms. The molecule has 3 heteroatoms. The molecule has 0 N–H and O–H groups in total. The van der Waals surface area contributed by atoms with Gasteiger partial charge in [0.2, 0.25) is 0 Å². The molecule has 1 aliphatic heterocycles. The van der Waals surface area contributed by atoms with Crippen molar-refractivity contribution in [1.82, 2.24) is 14.7 Å². The fraction of sp³-hybridized carbons (Fsp3) is 1.00. The minimum Gasteiger partial charge on any atom is -0.308 e. The molecular formula is C14H33N3. The second-order valence-electron chi connectivity index (χ2n) is 5.01. The summed E-state index contributed by atoms with van der Waals surface area (Å²) < 4.78 is 0. The molecule has 0 aromatic carbocycles. The normalized spacial score (nSPS) is 17.1. The van der Waals surface area contributed by atoms with Crippen LogP contribution in [-0.4, -0.2) is 75.1 Å². The van der Waals surface area contributed by atoms with Gasteiger partial charge in [-0.15, -0.1) is 0 Å². The number of likely N-dealkylation sites (tertiary alicyclic amines) is 1. The van der Waals surface area contributed by atoms with Crippen molar-refractivity contribution < 1.29 is 0 Å². The molecule has 17 heavy (non-hydrogen) atoms. The van der Waals surface area contributed by atoms with E-state index in [1.807, 2.05) is 13.8 Å². The molecule has 1 saturated heterocycles. The third kappa shape index (κ3) is 9.57. The van der Waals surface area contributed by atoms with Gasteiger partial charge in [0.15, 0.2) is 0 Å². The van der Waals surface area contributed by atoms with Crippen molar-refractivity contribution in [1.29, 1.82) is 0 Å². The smallest absolute Gasteiger partial charge is 0.0109 e. The molecule has 0 unspecified atom stereocenters. The summed E-state index contributed by atoms with van der Waals surface area (Å²) in [5.74, 6) is 0. The first-order valence-corrected chi connectivity index (χ1v) is 7.24. The molecule has 1 heterocycles. The number of piperidine rings is 1. The van der Waals surface area contributed by atoms with Crippen LogP contribution in [0.1, 0.15) is 33.1 Å². The lowest BCUT2D eigenvalue weighted by molar-refractivity contribution is 0.190. The fourth-order valence-electron chi connectivity index (χ4n) is 1.98. The van der Waals surface area contributed by atoms with Crippen LogP contribution in [0, 0.1) is 0 Å². The summed E-state index contributed by atoms with van der Waals surface area (Å²) in [6.07, 6.45) is 4.25. The zero-order chi connectivity index (χ0) is 13.1. The Hall–Kier alpha value is -0.120. The summed E-state index contributed by atoms with van der Waals surface area (Å²) in [7, 11) is 6.50. The Labute approximate surface area is 109 Å². The van der Waals surface area contributed by atoms with Crippen LogP contribution in [0.3, 0.4) is 0 Å². The number of likely N-dealkylation sites (N-methyl/N-ethyl adjacent to an activating group) is 2. The first-order valence-electron chi connectivity index (χ1n) is 7.24. The molecule has 0 saturated carbocycles. The molecule has 1 fully saturated rings. The van der Waals surface area contributed by atoms with Crippen molar-refractivity contribution in [2.24, 2.45) is 0 Å². The van der Waals surface area contributed by atoms with Crippen LogP contribution >= 0.6 is 0 Å². The Morgan fingerprint density at radius 2 is 1.41 bits per heavy atom. The zero-order valence-corrected chi connectivity index (χ0v) is 12.7. The number of rotatable bonds is 6. The van der Waals surface area contributed by atoms with Gasteiger partial charge in [0.1, 0.15) is 0 Å². The standard InChI is InChI=1S/C12H27N3.C2H6/c1-13(2)9-10-14(3)11-12-15-7-5-4-6-8-15;1-2/h4-12H2,1-3H3;1-2H3. The van der Waals surface area contributed by atoms with Crippen LogP contribution in [-0.2, 0) is 0 Å². The van der Waals surface area contributed by atoms with Crippen LogP contribution in [0.5, 0.6) is 0 Å². The van der Waals surface area contributed by atoms with Gasteiger partial charge in [0.25, 0.3) is 0 Å². The molecule has 0 atom stereocenters. The van der Waals surface area contributed by atoms with Crippen molar-refractivity contribution in [3.63, 3.8) is 0 Å². The molecule has 1 aliphatic rings. The predicted molar refractivity (Wildman–Crippen MR) is 77.7 cm³/mol. The monoisotopic (exact) mass is 243 g/mol. The van der Waals surface area contributed by atoms with Crippen LogP contribution < -0.4 is 0 Å². The minimum absolute atomic E-state index is 1.16. The number of hydrogen-bond acceptors (Lipinski definition) is 3. The molecule has 0 amide bonds. The van der Waals surface area contributed by atoms with E-state index in [-0.39, 0.29) is 0 Å². The van der Waals surface area contributed by atoms with Crippen LogP contribution in [0.15, 0.2) is 0 Å². The van der Waals surface area contributed by atoms with E-state index >= 15 is 0 Å². The molecule has 0 aromatic rings. The van der Waals surface area contributed by atoms with Gasteiger partial charge in [-0.05, 0) is 47.1 Å². The van der Waals surface area contributed by atoms with E-state index in [1.54, 1.807) is 0 Å². The first-order chi connectivity index (χ1) is 8.18. The molecule has 0 aliphatic carbocycles. The van der Waals surface area contributed by atoms with Crippen molar-refractivity contribution in [3.05, 3.63) is 0 Å². The van der Waals surface area contributed by atoms with Crippen molar-refractivity contribution in [3.8, 4) is 0 Å². The summed E-state index contributed by atoms with van der Waals surface area (Å²) in [4.78, 5) is 7.29. The Balaban J connectivity index is 0.00000121. The van der Waals surface area contributed by atoms with E-state index in [4.69, 9.17) is 0 Å². The van der Waals surface area contributed by atoms with E-state index in [1.165, 1.54) is 52.0 Å². The third-order valence-corrected chi connectivity index (χ3v) is 3.18. The summed E-state index contributed by atoms with van der Waals surface area (Å²) in [5, 5.41) is 0. The summed E-state index contributed by atoms with van der Waals surface area (Å²) in [6.45, 7) is 11.5. The lowest BCUT2D eigenvalue weighted by Gasteiger charge is -2.28. The Kier molecular flexibility index (Phi) is 10.9. The molecular weight excluding hydrogens is 210 g/mol. The fourth-order valence-corrected chi connectivity index (χ4v) is 1.98. The quantitative estimate of drug-likeness (QED) is 0.706. The average Bonchev–Trinajstić information content (AvgIpc) is 2.37. The Bertz CT molecular complexity index is 154. The maximum Gasteiger partial charge on any atom is 0.0109 e. The maximum atomic E-state index is 2.61. The van der Waals surface area contributed by atoms with Gasteiger partial charge in [-0.1, -0.05) is 20.3 Å². The number of nitrogens with zero attached hydrogens (tertiary/aromatic N) is 3. The van der Waals surface area contributed by atoms with Gasteiger partial charge < -0.3 is 14.7 Å². The van der Waals surface area contributed by atoms with Crippen LogP contribution in [0.25, 0.3) is 0 Å². The maximum absolute atomic E-state index is 2.61. The lowest BCUT2D eigenvalue weighted by Crippen LogP contribution is -2.38. The molecule has 0 aromatic heterocycles. The minimum atomic E-state index is 1.16. The van der Waals surface area contributed by atoms with Crippen molar-refractivity contribution in [2.45, 2.75) is 33.1 Å². The van der Waals surface area contributed by atoms with Gasteiger partial charge in [0, 0.05) is 26.2 Å². The highest BCUT2D eigenvalue weighted by atomic mass is 15.2. The van der Waals surface area contributed by atoms with E-state index in [2.05, 4.69) is 35.8 Å². The van der Waals surface area contributed by atoms with Crippen LogP contribution in [0.4, 0.5) is 0 Å². The molecule has 104 valence electrons. The predicted octanol–water partition coefficient (Wildman–Crippen LogP) is 1.99. The topological polar surface area (TPSA) is 9.72 Å². The van der Waals surface area contributed by atoms with Gasteiger partial charge in [-0.3, -0.25) is 0 Å². The van der Waals surface area contributed by atoms with Gasteiger partial charge in [0.05, 0.1) is 0 Å². The second-order valence-corrected chi connectivity index (χ2v) is 5.01. The van der Waals surface area contributed by atoms with Gasteiger partial charge >= 0.3 is 0 Å². The highest BCUT2D eigenvalue weighted by Gasteiger charge is 2.10. The molecule has 1 rings (SSSR count). The average molecular weight is 243 g/mol. The summed E-state index contributed by atoms with van der Waals surface area (Å²) >= 11 is 0. The molecule has 3 nitrogen and oxygen atoms in total. The van der Waals surface area contributed by atoms with Gasteiger partial charge in [-0.2, -0.15) is 0 Å². The Morgan fingerprint density at radius 1 is 0.824 bits per heavy atom. The lowest BCUT2D eigenvalue weighted by atomic mass is 10.1. The van der Waals surface area contributed by atoms with E-state index in [0.29, 0.717) is 0 Å². The van der Waals surface area contributed by atoms with Crippen molar-refractivity contribution >= 4 is 0 Å². The van der Waals surface area contributed by atoms with E-state index in [9.17, 15) is 0 Å². The zero-order valence-electron chi connectivity index (χ0n) is 12.7. The van der Waals surface area contributed by atoms with Gasteiger partial charge in [-0.25, -0.2) is 0 Å². The first kappa shape index (κ1) is 16.9. The second kappa shape index (κ2) is 11.0. The van der Waals surface area contributed by atoms with E-state index in [0.717, 1.165) is 6.54 Å². The van der Waals surface area contributed by atoms with Crippen molar-refractivity contribution in [2.75, 3.05) is 60.4 Å². The van der Waals surface area contributed by atoms with E-state index < -0.39 is 0 Å². The number of hydrogen-bond donors (Lipinski definition) is 0. The molecule has 0 radical (unpaired) electrons. The largest absolute Gasteiger partial charge is 0.308 e. The highest BCUT2D eigenvalue weighted by Crippen LogP contribution is 2.07. The van der Waals surface area contributed by atoms with Crippen LogP contribution in [0.2, 0.25) is 0 Å². The summed E-state index contributed by atoms with van der Waals surface area (Å²) in [5.41, 5.74) is 0. The summed E-state index contributed by atoms with van der Waals surface area (Å²) in [6, 6.07) is 0. The SMILES string of the molecule is CC.CN(C)CCN(C)CCN1CCCCC1. The Morgan fingerprint density at radius 3 is 1.94 bits per heavy atom. The third-order valence-electron chi connectivity index (χ3n) is 3.18. The molecule has 0 spiro atoms.